The molecule has 20 heavy (non-hydrogen) atoms. The van der Waals surface area contributed by atoms with Crippen molar-refractivity contribution in [1.29, 1.82) is 0 Å². The third kappa shape index (κ3) is 3.01. The lowest BCUT2D eigenvalue weighted by molar-refractivity contribution is 0.0601. The van der Waals surface area contributed by atoms with Gasteiger partial charge < -0.3 is 4.74 Å². The number of methoxy groups -OCH3 is 1. The average Bonchev–Trinajstić information content (AvgIpc) is 2.38. The summed E-state index contributed by atoms with van der Waals surface area (Å²) in [5.41, 5.74) is 1.09. The van der Waals surface area contributed by atoms with Crippen LogP contribution in [0.3, 0.4) is 0 Å². The Balaban J connectivity index is 2.73. The third-order valence-electron chi connectivity index (χ3n) is 2.55. The molecule has 0 radical (unpaired) electrons. The summed E-state index contributed by atoms with van der Waals surface area (Å²) in [6, 6.07) is 4.45. The zero-order valence-electron chi connectivity index (χ0n) is 10.1. The number of halogens is 4. The van der Waals surface area contributed by atoms with Crippen molar-refractivity contribution in [2.24, 2.45) is 0 Å². The van der Waals surface area contributed by atoms with Gasteiger partial charge in [0, 0.05) is 22.3 Å². The molecule has 2 rings (SSSR count). The first-order chi connectivity index (χ1) is 9.43. The first-order valence-electron chi connectivity index (χ1n) is 5.32. The summed E-state index contributed by atoms with van der Waals surface area (Å²) in [5.74, 6) is -0.564. The molecule has 0 aliphatic carbocycles. The lowest BCUT2D eigenvalue weighted by atomic mass is 10.0. The van der Waals surface area contributed by atoms with Crippen LogP contribution in [-0.2, 0) is 4.74 Å². The number of hydrogen-bond acceptors (Lipinski definition) is 3. The summed E-state index contributed by atoms with van der Waals surface area (Å²) >= 11 is 24.0. The molecule has 0 aliphatic rings. The maximum atomic E-state index is 11.8. The van der Waals surface area contributed by atoms with Gasteiger partial charge in [-0.15, -0.1) is 0 Å². The summed E-state index contributed by atoms with van der Waals surface area (Å²) in [6.07, 6.45) is 1.41. The van der Waals surface area contributed by atoms with Gasteiger partial charge in [0.2, 0.25) is 0 Å². The van der Waals surface area contributed by atoms with Gasteiger partial charge in [0.05, 0.1) is 22.7 Å². The minimum absolute atomic E-state index is 0.162. The number of ether oxygens (including phenoxy) is 1. The Kier molecular flexibility index (Phi) is 4.76. The third-order valence-corrected chi connectivity index (χ3v) is 3.57. The van der Waals surface area contributed by atoms with Crippen LogP contribution in [0.2, 0.25) is 20.2 Å². The molecule has 0 saturated heterocycles. The molecule has 104 valence electrons. The minimum Gasteiger partial charge on any atom is -0.465 e. The second kappa shape index (κ2) is 6.19. The van der Waals surface area contributed by atoms with E-state index < -0.39 is 5.97 Å². The summed E-state index contributed by atoms with van der Waals surface area (Å²) in [7, 11) is 1.27. The van der Waals surface area contributed by atoms with Crippen LogP contribution in [0, 0.1) is 0 Å². The molecule has 0 aliphatic heterocycles. The van der Waals surface area contributed by atoms with Crippen LogP contribution >= 0.6 is 46.4 Å². The molecule has 0 spiro atoms. The predicted molar refractivity (Wildman–Crippen MR) is 81.1 cm³/mol. The molecule has 1 aromatic heterocycles. The number of carbonyl (C=O) groups is 1. The highest BCUT2D eigenvalue weighted by Crippen LogP contribution is 2.39. The van der Waals surface area contributed by atoms with Gasteiger partial charge in [-0.05, 0) is 18.2 Å². The Hall–Kier alpha value is -1.000. The predicted octanol–water partition coefficient (Wildman–Crippen LogP) is 5.15. The van der Waals surface area contributed by atoms with Crippen LogP contribution in [0.5, 0.6) is 0 Å². The number of aromatic nitrogens is 1. The molecule has 0 fully saturated rings. The van der Waals surface area contributed by atoms with Crippen LogP contribution in [0.25, 0.3) is 11.1 Å². The first kappa shape index (κ1) is 15.4. The highest BCUT2D eigenvalue weighted by atomic mass is 35.5. The molecule has 0 amide bonds. The van der Waals surface area contributed by atoms with E-state index in [1.165, 1.54) is 31.5 Å². The SMILES string of the molecule is COC(=O)c1cc(Cl)ncc1-c1c(Cl)cc(Cl)cc1Cl. The number of nitrogens with zero attached hydrogens (tertiary/aromatic N) is 1. The van der Waals surface area contributed by atoms with Gasteiger partial charge in [-0.2, -0.15) is 0 Å². The van der Waals surface area contributed by atoms with Gasteiger partial charge in [0.1, 0.15) is 5.15 Å². The molecule has 2 aromatic rings. The average molecular weight is 351 g/mol. The normalized spacial score (nSPS) is 10.4. The van der Waals surface area contributed by atoms with E-state index in [9.17, 15) is 4.79 Å². The quantitative estimate of drug-likeness (QED) is 0.555. The van der Waals surface area contributed by atoms with E-state index in [-0.39, 0.29) is 10.7 Å². The van der Waals surface area contributed by atoms with Crippen LogP contribution < -0.4 is 0 Å². The van der Waals surface area contributed by atoms with E-state index in [0.717, 1.165) is 0 Å². The number of rotatable bonds is 2. The van der Waals surface area contributed by atoms with E-state index in [0.29, 0.717) is 26.2 Å². The fraction of sp³-hybridized carbons (Fsp3) is 0.0769. The zero-order chi connectivity index (χ0) is 14.9. The Labute approximate surface area is 135 Å². The van der Waals surface area contributed by atoms with Crippen molar-refractivity contribution in [2.75, 3.05) is 7.11 Å². The Morgan fingerprint density at radius 1 is 1.10 bits per heavy atom. The van der Waals surface area contributed by atoms with Crippen molar-refractivity contribution in [3.63, 3.8) is 0 Å². The summed E-state index contributed by atoms with van der Waals surface area (Å²) in [5, 5.41) is 1.16. The fourth-order valence-electron chi connectivity index (χ4n) is 1.71. The van der Waals surface area contributed by atoms with Crippen molar-refractivity contribution in [1.82, 2.24) is 4.98 Å². The topological polar surface area (TPSA) is 39.2 Å². The van der Waals surface area contributed by atoms with Crippen LogP contribution in [-0.4, -0.2) is 18.1 Å². The molecule has 0 bridgehead atoms. The molecule has 7 heteroatoms. The maximum absolute atomic E-state index is 11.8. The van der Waals surface area contributed by atoms with Crippen molar-refractivity contribution < 1.29 is 9.53 Å². The first-order valence-corrected chi connectivity index (χ1v) is 6.84. The summed E-state index contributed by atoms with van der Waals surface area (Å²) in [4.78, 5) is 15.8. The van der Waals surface area contributed by atoms with Gasteiger partial charge in [-0.1, -0.05) is 46.4 Å². The highest BCUT2D eigenvalue weighted by molar-refractivity contribution is 6.42. The monoisotopic (exact) mass is 349 g/mol. The van der Waals surface area contributed by atoms with E-state index in [4.69, 9.17) is 51.1 Å². The minimum atomic E-state index is -0.564. The maximum Gasteiger partial charge on any atom is 0.338 e. The smallest absolute Gasteiger partial charge is 0.338 e. The number of benzene rings is 1. The summed E-state index contributed by atoms with van der Waals surface area (Å²) in [6.45, 7) is 0. The molecule has 1 aromatic carbocycles. The standard InChI is InChI=1S/C13H7Cl4NO2/c1-20-13(19)7-4-11(17)18-5-8(7)12-9(15)2-6(14)3-10(12)16/h2-5H,1H3. The Morgan fingerprint density at radius 2 is 1.70 bits per heavy atom. The molecular formula is C13H7Cl4NO2. The molecule has 0 atom stereocenters. The van der Waals surface area contributed by atoms with E-state index in [1.54, 1.807) is 0 Å². The highest BCUT2D eigenvalue weighted by Gasteiger charge is 2.19. The largest absolute Gasteiger partial charge is 0.465 e. The molecule has 0 unspecified atom stereocenters. The second-order valence-electron chi connectivity index (χ2n) is 3.79. The molecule has 0 N–H and O–H groups in total. The lowest BCUT2D eigenvalue weighted by Crippen LogP contribution is -2.04. The number of pyridine rings is 1. The number of esters is 1. The van der Waals surface area contributed by atoms with Crippen LogP contribution in [0.4, 0.5) is 0 Å². The van der Waals surface area contributed by atoms with Crippen molar-refractivity contribution in [3.05, 3.63) is 50.2 Å². The van der Waals surface area contributed by atoms with Gasteiger partial charge in [-0.3, -0.25) is 0 Å². The van der Waals surface area contributed by atoms with Crippen molar-refractivity contribution in [2.45, 2.75) is 0 Å². The van der Waals surface area contributed by atoms with Gasteiger partial charge >= 0.3 is 5.97 Å². The lowest BCUT2D eigenvalue weighted by Gasteiger charge is -2.12. The number of hydrogen-bond donors (Lipinski definition) is 0. The summed E-state index contributed by atoms with van der Waals surface area (Å²) < 4.78 is 4.72. The van der Waals surface area contributed by atoms with E-state index in [2.05, 4.69) is 4.98 Å². The van der Waals surface area contributed by atoms with E-state index >= 15 is 0 Å². The molecule has 1 heterocycles. The zero-order valence-corrected chi connectivity index (χ0v) is 13.1. The van der Waals surface area contributed by atoms with Gasteiger partial charge in [0.15, 0.2) is 0 Å². The van der Waals surface area contributed by atoms with Gasteiger partial charge in [-0.25, -0.2) is 9.78 Å². The van der Waals surface area contributed by atoms with Crippen LogP contribution in [0.1, 0.15) is 10.4 Å². The Morgan fingerprint density at radius 3 is 2.25 bits per heavy atom. The van der Waals surface area contributed by atoms with Crippen molar-refractivity contribution in [3.8, 4) is 11.1 Å². The molecule has 3 nitrogen and oxygen atoms in total. The van der Waals surface area contributed by atoms with Gasteiger partial charge in [0.25, 0.3) is 0 Å². The fourth-order valence-corrected chi connectivity index (χ4v) is 2.89. The second-order valence-corrected chi connectivity index (χ2v) is 5.43. The molecular weight excluding hydrogens is 344 g/mol. The number of carbonyl (C=O) groups excluding carboxylic acids is 1. The van der Waals surface area contributed by atoms with E-state index in [1.807, 2.05) is 0 Å². The van der Waals surface area contributed by atoms with Crippen molar-refractivity contribution >= 4 is 52.4 Å². The Bertz CT molecular complexity index is 665. The molecule has 0 saturated carbocycles. The van der Waals surface area contributed by atoms with Crippen LogP contribution in [0.15, 0.2) is 24.4 Å².